The molecule has 1 aromatic rings. The first-order chi connectivity index (χ1) is 10.2. The molecule has 1 aromatic carbocycles. The highest BCUT2D eigenvalue weighted by Gasteiger charge is 2.17. The summed E-state index contributed by atoms with van der Waals surface area (Å²) in [6.45, 7) is 7.25. The Morgan fingerprint density at radius 3 is 2.81 bits per heavy atom. The van der Waals surface area contributed by atoms with E-state index in [0.29, 0.717) is 0 Å². The number of rotatable bonds is 5. The Hall–Kier alpha value is -1.55. The van der Waals surface area contributed by atoms with E-state index in [1.165, 1.54) is 24.8 Å². The molecule has 0 aliphatic carbocycles. The van der Waals surface area contributed by atoms with Crippen LogP contribution in [-0.2, 0) is 11.2 Å². The van der Waals surface area contributed by atoms with E-state index in [2.05, 4.69) is 22.9 Å². The van der Waals surface area contributed by atoms with Gasteiger partial charge in [0.2, 0.25) is 5.69 Å². The molecule has 1 aliphatic heterocycles. The molecule has 0 aromatic heterocycles. The fourth-order valence-electron chi connectivity index (χ4n) is 2.76. The van der Waals surface area contributed by atoms with Gasteiger partial charge in [0.05, 0.1) is 0 Å². The number of aryl methyl sites for hydroxylation is 1. The lowest BCUT2D eigenvalue weighted by Crippen LogP contribution is -2.67. The smallest absolute Gasteiger partial charge is 0.430 e. The van der Waals surface area contributed by atoms with Gasteiger partial charge in [-0.05, 0) is 44.8 Å². The first-order valence-corrected chi connectivity index (χ1v) is 7.98. The van der Waals surface area contributed by atoms with Gasteiger partial charge in [-0.1, -0.05) is 25.5 Å². The molecule has 21 heavy (non-hydrogen) atoms. The molecule has 0 bridgehead atoms. The van der Waals surface area contributed by atoms with Gasteiger partial charge in [-0.2, -0.15) is 0 Å². The highest BCUT2D eigenvalue weighted by Crippen LogP contribution is 2.09. The van der Waals surface area contributed by atoms with Crippen molar-refractivity contribution in [1.82, 2.24) is 4.90 Å². The summed E-state index contributed by atoms with van der Waals surface area (Å²) in [5, 5.41) is 9.93. The van der Waals surface area contributed by atoms with Crippen LogP contribution in [0.5, 0.6) is 0 Å². The Morgan fingerprint density at radius 1 is 1.33 bits per heavy atom. The first kappa shape index (κ1) is 15.8. The van der Waals surface area contributed by atoms with Crippen molar-refractivity contribution in [2.45, 2.75) is 45.6 Å². The second-order valence-corrected chi connectivity index (χ2v) is 5.77. The SMILES string of the molecule is CCc1cccc([NH+]=C(O)O[C@H](C)CN2CCCCC2)c1. The summed E-state index contributed by atoms with van der Waals surface area (Å²) in [6, 6.07) is 8.00. The number of nitrogens with zero attached hydrogens (tertiary/aromatic N) is 1. The molecule has 4 nitrogen and oxygen atoms in total. The predicted octanol–water partition coefficient (Wildman–Crippen LogP) is 1.77. The maximum atomic E-state index is 9.93. The maximum Gasteiger partial charge on any atom is 0.551 e. The Bertz CT molecular complexity index is 468. The molecule has 1 aliphatic rings. The van der Waals surface area contributed by atoms with E-state index in [1.54, 1.807) is 0 Å². The summed E-state index contributed by atoms with van der Waals surface area (Å²) in [7, 11) is 0. The van der Waals surface area contributed by atoms with E-state index < -0.39 is 0 Å². The number of ether oxygens (including phenoxy) is 1. The van der Waals surface area contributed by atoms with Crippen LogP contribution >= 0.6 is 0 Å². The van der Waals surface area contributed by atoms with Crippen LogP contribution in [0, 0.1) is 0 Å². The van der Waals surface area contributed by atoms with Crippen LogP contribution in [0.25, 0.3) is 0 Å². The van der Waals surface area contributed by atoms with Crippen molar-refractivity contribution in [3.8, 4) is 0 Å². The average Bonchev–Trinajstić information content (AvgIpc) is 2.48. The van der Waals surface area contributed by atoms with E-state index >= 15 is 0 Å². The topological polar surface area (TPSA) is 46.7 Å². The minimum Gasteiger partial charge on any atom is -0.430 e. The van der Waals surface area contributed by atoms with Gasteiger partial charge in [-0.15, -0.1) is 4.99 Å². The Labute approximate surface area is 127 Å². The monoisotopic (exact) mass is 291 g/mol. The Balaban J connectivity index is 1.86. The van der Waals surface area contributed by atoms with Crippen molar-refractivity contribution in [1.29, 1.82) is 0 Å². The second kappa shape index (κ2) is 8.03. The zero-order valence-corrected chi connectivity index (χ0v) is 13.1. The zero-order valence-electron chi connectivity index (χ0n) is 13.1. The summed E-state index contributed by atoms with van der Waals surface area (Å²) in [6.07, 6.45) is 4.70. The average molecular weight is 291 g/mol. The fourth-order valence-corrected chi connectivity index (χ4v) is 2.76. The van der Waals surface area contributed by atoms with Crippen LogP contribution in [0.15, 0.2) is 24.3 Å². The molecular formula is C17H27N2O2+. The maximum absolute atomic E-state index is 9.93. The minimum atomic E-state index is -0.118. The molecule has 1 atom stereocenters. The molecule has 0 amide bonds. The van der Waals surface area contributed by atoms with Gasteiger partial charge < -0.3 is 9.84 Å². The van der Waals surface area contributed by atoms with Crippen molar-refractivity contribution < 1.29 is 14.8 Å². The summed E-state index contributed by atoms with van der Waals surface area (Å²) in [5.41, 5.74) is 2.09. The van der Waals surface area contributed by atoms with E-state index in [4.69, 9.17) is 4.74 Å². The fraction of sp³-hybridized carbons (Fsp3) is 0.588. The highest BCUT2D eigenvalue weighted by atomic mass is 16.6. The van der Waals surface area contributed by atoms with Crippen molar-refractivity contribution in [2.24, 2.45) is 0 Å². The lowest BCUT2D eigenvalue weighted by atomic mass is 10.1. The molecule has 1 fully saturated rings. The molecule has 0 unspecified atom stereocenters. The lowest BCUT2D eigenvalue weighted by Gasteiger charge is -2.28. The van der Waals surface area contributed by atoms with Crippen molar-refractivity contribution in [3.63, 3.8) is 0 Å². The molecule has 116 valence electrons. The van der Waals surface area contributed by atoms with E-state index in [1.807, 2.05) is 25.1 Å². The van der Waals surface area contributed by atoms with Crippen LogP contribution in [0.1, 0.15) is 38.7 Å². The first-order valence-electron chi connectivity index (χ1n) is 7.98. The van der Waals surface area contributed by atoms with Crippen LogP contribution in [0.3, 0.4) is 0 Å². The summed E-state index contributed by atoms with van der Waals surface area (Å²) < 4.78 is 5.55. The number of nitrogens with one attached hydrogen (secondary N) is 1. The number of piperidine rings is 1. The molecule has 0 saturated carbocycles. The molecule has 4 heteroatoms. The third kappa shape index (κ3) is 5.38. The quantitative estimate of drug-likeness (QED) is 0.642. The lowest BCUT2D eigenvalue weighted by molar-refractivity contribution is -0.383. The normalized spacial score (nSPS) is 18.5. The summed E-state index contributed by atoms with van der Waals surface area (Å²) >= 11 is 0. The largest absolute Gasteiger partial charge is 0.551 e. The van der Waals surface area contributed by atoms with Gasteiger partial charge >= 0.3 is 6.08 Å². The third-order valence-corrected chi connectivity index (χ3v) is 3.86. The van der Waals surface area contributed by atoms with Crippen LogP contribution in [-0.4, -0.2) is 41.8 Å². The number of aliphatic hydroxyl groups is 1. The molecule has 0 spiro atoms. The van der Waals surface area contributed by atoms with E-state index in [9.17, 15) is 5.11 Å². The number of likely N-dealkylation sites (tertiary alicyclic amines) is 1. The third-order valence-electron chi connectivity index (χ3n) is 3.86. The number of aliphatic hydroxyl groups excluding tert-OH is 1. The predicted molar refractivity (Wildman–Crippen MR) is 84.9 cm³/mol. The van der Waals surface area contributed by atoms with Gasteiger partial charge in [-0.25, -0.2) is 0 Å². The van der Waals surface area contributed by atoms with Gasteiger partial charge in [0.15, 0.2) is 0 Å². The van der Waals surface area contributed by atoms with Crippen LogP contribution in [0.4, 0.5) is 5.69 Å². The molecular weight excluding hydrogens is 264 g/mol. The zero-order chi connectivity index (χ0) is 15.1. The highest BCUT2D eigenvalue weighted by molar-refractivity contribution is 5.59. The Morgan fingerprint density at radius 2 is 2.10 bits per heavy atom. The van der Waals surface area contributed by atoms with Crippen molar-refractivity contribution in [2.75, 3.05) is 19.6 Å². The van der Waals surface area contributed by atoms with E-state index in [0.717, 1.165) is 31.7 Å². The van der Waals surface area contributed by atoms with Crippen molar-refractivity contribution in [3.05, 3.63) is 29.8 Å². The van der Waals surface area contributed by atoms with E-state index in [-0.39, 0.29) is 12.2 Å². The van der Waals surface area contributed by atoms with Gasteiger partial charge in [-0.3, -0.25) is 4.90 Å². The molecule has 1 saturated heterocycles. The Kier molecular flexibility index (Phi) is 6.05. The number of hydrogen-bond donors (Lipinski definition) is 2. The van der Waals surface area contributed by atoms with Gasteiger partial charge in [0.25, 0.3) is 0 Å². The number of benzene rings is 1. The minimum absolute atomic E-state index is 0.0232. The second-order valence-electron chi connectivity index (χ2n) is 5.77. The van der Waals surface area contributed by atoms with Crippen LogP contribution in [0.2, 0.25) is 0 Å². The van der Waals surface area contributed by atoms with Crippen LogP contribution < -0.4 is 4.99 Å². The summed E-state index contributed by atoms with van der Waals surface area (Å²) in [4.78, 5) is 5.32. The van der Waals surface area contributed by atoms with Crippen molar-refractivity contribution >= 4 is 11.8 Å². The summed E-state index contributed by atoms with van der Waals surface area (Å²) in [5.74, 6) is 0. The molecule has 2 rings (SSSR count). The molecule has 2 N–H and O–H groups in total. The van der Waals surface area contributed by atoms with Gasteiger partial charge in [0, 0.05) is 18.7 Å². The molecule has 1 heterocycles. The molecule has 0 radical (unpaired) electrons. The number of hydrogen-bond acceptors (Lipinski definition) is 2. The van der Waals surface area contributed by atoms with Gasteiger partial charge in [0.1, 0.15) is 6.10 Å². The standard InChI is InChI=1S/C17H26N2O2/c1-3-15-8-7-9-16(12-15)18-17(20)21-14(2)13-19-10-5-4-6-11-19/h7-9,12,14H,3-6,10-11,13H2,1-2H3,(H,18,20)/p+1/t14-/m1/s1.